The molecule has 2 aromatic carbocycles. The summed E-state index contributed by atoms with van der Waals surface area (Å²) >= 11 is 0. The molecule has 0 aliphatic rings. The number of aromatic amines is 1. The smallest absolute Gasteiger partial charge is 0.253 e. The lowest BCUT2D eigenvalue weighted by molar-refractivity contribution is -0.129. The van der Waals surface area contributed by atoms with Crippen molar-refractivity contribution >= 4 is 16.8 Å². The lowest BCUT2D eigenvalue weighted by Gasteiger charge is -2.21. The molecule has 5 heteroatoms. The van der Waals surface area contributed by atoms with Crippen molar-refractivity contribution in [1.29, 1.82) is 0 Å². The summed E-state index contributed by atoms with van der Waals surface area (Å²) in [6.07, 6.45) is 0.753. The molecule has 26 heavy (non-hydrogen) atoms. The Labute approximate surface area is 152 Å². The van der Waals surface area contributed by atoms with E-state index in [-0.39, 0.29) is 11.5 Å². The molecule has 3 rings (SSSR count). The molecule has 1 heterocycles. The third kappa shape index (κ3) is 4.11. The van der Waals surface area contributed by atoms with Gasteiger partial charge >= 0.3 is 0 Å². The molecule has 0 aliphatic carbocycles. The second kappa shape index (κ2) is 7.87. The van der Waals surface area contributed by atoms with Crippen molar-refractivity contribution in [2.45, 2.75) is 19.9 Å². The number of H-pyrrole nitrogens is 1. The van der Waals surface area contributed by atoms with Gasteiger partial charge in [-0.25, -0.2) is 0 Å². The topological polar surface area (TPSA) is 62.4 Å². The van der Waals surface area contributed by atoms with Crippen LogP contribution in [0.15, 0.2) is 59.4 Å². The molecule has 134 valence electrons. The van der Waals surface area contributed by atoms with E-state index in [9.17, 15) is 9.59 Å². The molecule has 1 N–H and O–H groups in total. The molecule has 0 saturated carbocycles. The molecule has 0 fully saturated rings. The van der Waals surface area contributed by atoms with Gasteiger partial charge in [-0.05, 0) is 35.6 Å². The Balaban J connectivity index is 1.81. The normalized spacial score (nSPS) is 10.7. The van der Waals surface area contributed by atoms with Gasteiger partial charge in [-0.1, -0.05) is 30.3 Å². The summed E-state index contributed by atoms with van der Waals surface area (Å²) in [5.74, 6) is 0.643. The number of carbonyl (C=O) groups excluding carboxylic acids is 1. The fraction of sp³-hybridized carbons (Fsp3) is 0.238. The van der Waals surface area contributed by atoms with E-state index in [1.54, 1.807) is 18.1 Å². The van der Waals surface area contributed by atoms with Crippen LogP contribution < -0.4 is 10.3 Å². The van der Waals surface area contributed by atoms with Crippen molar-refractivity contribution in [2.24, 2.45) is 0 Å². The molecule has 3 aromatic rings. The number of amides is 1. The fourth-order valence-corrected chi connectivity index (χ4v) is 2.93. The molecule has 5 nitrogen and oxygen atoms in total. The number of pyridine rings is 1. The van der Waals surface area contributed by atoms with Gasteiger partial charge in [0.1, 0.15) is 5.75 Å². The van der Waals surface area contributed by atoms with Crippen LogP contribution in [0.25, 0.3) is 10.9 Å². The van der Waals surface area contributed by atoms with Crippen molar-refractivity contribution in [3.05, 3.63) is 76.1 Å². The first-order chi connectivity index (χ1) is 12.6. The van der Waals surface area contributed by atoms with Gasteiger partial charge in [0, 0.05) is 25.1 Å². The van der Waals surface area contributed by atoms with Gasteiger partial charge in [-0.2, -0.15) is 0 Å². The maximum Gasteiger partial charge on any atom is 0.253 e. The van der Waals surface area contributed by atoms with Crippen molar-refractivity contribution < 1.29 is 9.53 Å². The fourth-order valence-electron chi connectivity index (χ4n) is 2.93. The van der Waals surface area contributed by atoms with E-state index in [0.29, 0.717) is 24.4 Å². The highest BCUT2D eigenvalue weighted by atomic mass is 16.5. The van der Waals surface area contributed by atoms with E-state index in [1.165, 1.54) is 12.5 Å². The number of methoxy groups -OCH3 is 1. The second-order valence-corrected chi connectivity index (χ2v) is 6.25. The zero-order valence-electron chi connectivity index (χ0n) is 15.0. The van der Waals surface area contributed by atoms with Gasteiger partial charge in [-0.15, -0.1) is 0 Å². The Morgan fingerprint density at radius 3 is 2.58 bits per heavy atom. The SMILES string of the molecule is COc1ccc2cc(CN(CCc3ccccc3)C(C)=O)c(=O)[nH]c2c1. The van der Waals surface area contributed by atoms with Gasteiger partial charge < -0.3 is 14.6 Å². The van der Waals surface area contributed by atoms with Crippen LogP contribution in [0.3, 0.4) is 0 Å². The van der Waals surface area contributed by atoms with E-state index >= 15 is 0 Å². The quantitative estimate of drug-likeness (QED) is 0.743. The molecule has 0 atom stereocenters. The van der Waals surface area contributed by atoms with Crippen LogP contribution in [0, 0.1) is 0 Å². The molecule has 0 unspecified atom stereocenters. The monoisotopic (exact) mass is 350 g/mol. The van der Waals surface area contributed by atoms with Gasteiger partial charge in [0.15, 0.2) is 0 Å². The summed E-state index contributed by atoms with van der Waals surface area (Å²) in [4.78, 5) is 29.0. The average molecular weight is 350 g/mol. The summed E-state index contributed by atoms with van der Waals surface area (Å²) in [5.41, 5.74) is 2.28. The Hall–Kier alpha value is -3.08. The Morgan fingerprint density at radius 2 is 1.88 bits per heavy atom. The van der Waals surface area contributed by atoms with Crippen LogP contribution >= 0.6 is 0 Å². The largest absolute Gasteiger partial charge is 0.497 e. The van der Waals surface area contributed by atoms with Crippen molar-refractivity contribution in [3.8, 4) is 5.75 Å². The molecule has 1 amide bonds. The first kappa shape index (κ1) is 17.7. The highest BCUT2D eigenvalue weighted by molar-refractivity contribution is 5.80. The average Bonchev–Trinajstić information content (AvgIpc) is 2.65. The van der Waals surface area contributed by atoms with Gasteiger partial charge in [0.25, 0.3) is 5.56 Å². The van der Waals surface area contributed by atoms with E-state index < -0.39 is 0 Å². The first-order valence-electron chi connectivity index (χ1n) is 8.56. The number of aromatic nitrogens is 1. The summed E-state index contributed by atoms with van der Waals surface area (Å²) < 4.78 is 5.19. The van der Waals surface area contributed by atoms with E-state index in [2.05, 4.69) is 4.98 Å². The highest BCUT2D eigenvalue weighted by Crippen LogP contribution is 2.19. The zero-order chi connectivity index (χ0) is 18.5. The number of hydrogen-bond donors (Lipinski definition) is 1. The predicted molar refractivity (Wildman–Crippen MR) is 102 cm³/mol. The maximum atomic E-state index is 12.4. The molecular weight excluding hydrogens is 328 g/mol. The van der Waals surface area contributed by atoms with Crippen LogP contribution in [-0.2, 0) is 17.8 Å². The molecule has 0 saturated heterocycles. The van der Waals surface area contributed by atoms with Crippen LogP contribution in [0.5, 0.6) is 5.75 Å². The van der Waals surface area contributed by atoms with Crippen LogP contribution in [0.2, 0.25) is 0 Å². The number of nitrogens with zero attached hydrogens (tertiary/aromatic N) is 1. The maximum absolute atomic E-state index is 12.4. The third-order valence-electron chi connectivity index (χ3n) is 4.45. The summed E-state index contributed by atoms with van der Waals surface area (Å²) in [5, 5.41) is 0.909. The van der Waals surface area contributed by atoms with Crippen molar-refractivity contribution in [3.63, 3.8) is 0 Å². The summed E-state index contributed by atoms with van der Waals surface area (Å²) in [6.45, 7) is 2.39. The highest BCUT2D eigenvalue weighted by Gasteiger charge is 2.13. The Kier molecular flexibility index (Phi) is 5.37. The predicted octanol–water partition coefficient (Wildman–Crippen LogP) is 3.13. The Morgan fingerprint density at radius 1 is 1.12 bits per heavy atom. The van der Waals surface area contributed by atoms with E-state index in [4.69, 9.17) is 4.74 Å². The third-order valence-corrected chi connectivity index (χ3v) is 4.45. The van der Waals surface area contributed by atoms with Crippen molar-refractivity contribution in [1.82, 2.24) is 9.88 Å². The minimum atomic E-state index is -0.184. The molecule has 1 aromatic heterocycles. The number of carbonyl (C=O) groups is 1. The molecule has 0 radical (unpaired) electrons. The van der Waals surface area contributed by atoms with Gasteiger partial charge in [0.05, 0.1) is 19.2 Å². The Bertz CT molecular complexity index is 964. The van der Waals surface area contributed by atoms with Crippen LogP contribution in [0.1, 0.15) is 18.1 Å². The molecule has 0 aliphatic heterocycles. The number of ether oxygens (including phenoxy) is 1. The number of rotatable bonds is 6. The molecule has 0 spiro atoms. The summed E-state index contributed by atoms with van der Waals surface area (Å²) in [7, 11) is 1.59. The standard InChI is InChI=1S/C21H22N2O3/c1-15(24)23(11-10-16-6-4-3-5-7-16)14-18-12-17-8-9-19(26-2)13-20(17)22-21(18)25/h3-9,12-13H,10-11,14H2,1-2H3,(H,22,25). The lowest BCUT2D eigenvalue weighted by atomic mass is 10.1. The minimum absolute atomic E-state index is 0.0461. The zero-order valence-corrected chi connectivity index (χ0v) is 15.0. The summed E-state index contributed by atoms with van der Waals surface area (Å²) in [6, 6.07) is 17.4. The first-order valence-corrected chi connectivity index (χ1v) is 8.56. The number of nitrogens with one attached hydrogen (secondary N) is 1. The molecule has 0 bridgehead atoms. The van der Waals surface area contributed by atoms with Gasteiger partial charge in [0.2, 0.25) is 5.91 Å². The lowest BCUT2D eigenvalue weighted by Crippen LogP contribution is -2.32. The van der Waals surface area contributed by atoms with E-state index in [0.717, 1.165) is 17.3 Å². The second-order valence-electron chi connectivity index (χ2n) is 6.25. The van der Waals surface area contributed by atoms with Crippen LogP contribution in [0.4, 0.5) is 0 Å². The number of fused-ring (bicyclic) bond motifs is 1. The molecular formula is C21H22N2O3. The van der Waals surface area contributed by atoms with E-state index in [1.807, 2.05) is 48.5 Å². The minimum Gasteiger partial charge on any atom is -0.497 e. The number of hydrogen-bond acceptors (Lipinski definition) is 3. The van der Waals surface area contributed by atoms with Gasteiger partial charge in [-0.3, -0.25) is 9.59 Å². The number of benzene rings is 2. The van der Waals surface area contributed by atoms with Crippen LogP contribution in [-0.4, -0.2) is 29.4 Å². The van der Waals surface area contributed by atoms with Crippen molar-refractivity contribution in [2.75, 3.05) is 13.7 Å².